The fourth-order valence-electron chi connectivity index (χ4n) is 2.33. The summed E-state index contributed by atoms with van der Waals surface area (Å²) in [5, 5.41) is 0.0678. The molecule has 1 fully saturated rings. The van der Waals surface area contributed by atoms with Gasteiger partial charge in [0.1, 0.15) is 5.15 Å². The standard InChI is InChI=1S/C13H14ClF4N3O/c14-10-8-19-7-9(20-10)12(15)3-5-21(6-4-12)11(22)1-2-13(16,17)18/h7-8H,1-6H2. The summed E-state index contributed by atoms with van der Waals surface area (Å²) in [6.45, 7) is 0.0861. The van der Waals surface area contributed by atoms with Crippen LogP contribution in [0.15, 0.2) is 12.4 Å². The van der Waals surface area contributed by atoms with Crippen molar-refractivity contribution in [2.75, 3.05) is 13.1 Å². The van der Waals surface area contributed by atoms with Gasteiger partial charge in [0, 0.05) is 32.4 Å². The molecule has 0 radical (unpaired) electrons. The van der Waals surface area contributed by atoms with E-state index in [1.165, 1.54) is 17.3 Å². The number of rotatable bonds is 3. The lowest BCUT2D eigenvalue weighted by molar-refractivity contribution is -0.150. The van der Waals surface area contributed by atoms with E-state index in [-0.39, 0.29) is 36.8 Å². The third-order valence-electron chi connectivity index (χ3n) is 3.60. The first kappa shape index (κ1) is 16.9. The third kappa shape index (κ3) is 4.28. The molecule has 0 bridgehead atoms. The van der Waals surface area contributed by atoms with Crippen LogP contribution in [0, 0.1) is 0 Å². The van der Waals surface area contributed by atoms with Crippen LogP contribution in [0.3, 0.4) is 0 Å². The van der Waals surface area contributed by atoms with Crippen LogP contribution in [-0.2, 0) is 10.5 Å². The van der Waals surface area contributed by atoms with Crippen LogP contribution in [0.5, 0.6) is 0 Å². The highest BCUT2D eigenvalue weighted by molar-refractivity contribution is 6.29. The van der Waals surface area contributed by atoms with Gasteiger partial charge in [-0.2, -0.15) is 13.2 Å². The topological polar surface area (TPSA) is 46.1 Å². The Hall–Kier alpha value is -1.44. The number of hydrogen-bond acceptors (Lipinski definition) is 3. The van der Waals surface area contributed by atoms with Crippen LogP contribution in [0.1, 0.15) is 31.4 Å². The number of carbonyl (C=O) groups excluding carboxylic acids is 1. The van der Waals surface area contributed by atoms with Crippen molar-refractivity contribution < 1.29 is 22.4 Å². The number of amides is 1. The largest absolute Gasteiger partial charge is 0.389 e. The minimum absolute atomic E-state index is 0.0419. The van der Waals surface area contributed by atoms with Gasteiger partial charge in [-0.25, -0.2) is 9.37 Å². The first-order chi connectivity index (χ1) is 10.2. The molecule has 0 aliphatic carbocycles. The molecule has 1 aliphatic heterocycles. The Labute approximate surface area is 129 Å². The second kappa shape index (κ2) is 6.36. The van der Waals surface area contributed by atoms with Crippen LogP contribution in [-0.4, -0.2) is 40.0 Å². The predicted molar refractivity (Wildman–Crippen MR) is 70.9 cm³/mol. The van der Waals surface area contributed by atoms with E-state index >= 15 is 0 Å². The molecule has 2 rings (SSSR count). The highest BCUT2D eigenvalue weighted by Crippen LogP contribution is 2.36. The first-order valence-corrected chi connectivity index (χ1v) is 7.09. The van der Waals surface area contributed by atoms with E-state index in [4.69, 9.17) is 11.6 Å². The molecule has 9 heteroatoms. The van der Waals surface area contributed by atoms with Crippen molar-refractivity contribution in [3.05, 3.63) is 23.2 Å². The van der Waals surface area contributed by atoms with Crippen LogP contribution >= 0.6 is 11.6 Å². The monoisotopic (exact) mass is 339 g/mol. The highest BCUT2D eigenvalue weighted by atomic mass is 35.5. The van der Waals surface area contributed by atoms with E-state index in [0.717, 1.165) is 0 Å². The van der Waals surface area contributed by atoms with Crippen molar-refractivity contribution in [3.8, 4) is 0 Å². The average molecular weight is 340 g/mol. The van der Waals surface area contributed by atoms with Crippen molar-refractivity contribution in [2.24, 2.45) is 0 Å². The number of halogens is 5. The lowest BCUT2D eigenvalue weighted by Gasteiger charge is -2.36. The molecule has 0 unspecified atom stereocenters. The second-order valence-corrected chi connectivity index (χ2v) is 5.58. The van der Waals surface area contributed by atoms with E-state index in [1.54, 1.807) is 0 Å². The van der Waals surface area contributed by atoms with Gasteiger partial charge in [-0.15, -0.1) is 0 Å². The van der Waals surface area contributed by atoms with E-state index < -0.39 is 30.6 Å². The number of alkyl halides is 4. The van der Waals surface area contributed by atoms with Gasteiger partial charge >= 0.3 is 6.18 Å². The summed E-state index contributed by atoms with van der Waals surface area (Å²) in [4.78, 5) is 20.6. The normalized spacial score (nSPS) is 18.3. The molecular formula is C13H14ClF4N3O. The number of aromatic nitrogens is 2. The van der Waals surface area contributed by atoms with Crippen LogP contribution in [0.25, 0.3) is 0 Å². The number of carbonyl (C=O) groups is 1. The van der Waals surface area contributed by atoms with Gasteiger partial charge in [-0.1, -0.05) is 11.6 Å². The van der Waals surface area contributed by atoms with E-state index in [2.05, 4.69) is 9.97 Å². The van der Waals surface area contributed by atoms with Gasteiger partial charge in [-0.3, -0.25) is 9.78 Å². The molecule has 1 aromatic rings. The average Bonchev–Trinajstić information content (AvgIpc) is 2.45. The third-order valence-corrected chi connectivity index (χ3v) is 3.78. The summed E-state index contributed by atoms with van der Waals surface area (Å²) in [6, 6.07) is 0. The van der Waals surface area contributed by atoms with Gasteiger partial charge < -0.3 is 4.90 Å². The Morgan fingerprint density at radius 2 is 1.95 bits per heavy atom. The van der Waals surface area contributed by atoms with Crippen molar-refractivity contribution in [1.82, 2.24) is 14.9 Å². The maximum Gasteiger partial charge on any atom is 0.389 e. The molecule has 1 amide bonds. The van der Waals surface area contributed by atoms with E-state index in [9.17, 15) is 22.4 Å². The molecule has 0 saturated carbocycles. The maximum absolute atomic E-state index is 14.8. The van der Waals surface area contributed by atoms with Crippen LogP contribution < -0.4 is 0 Å². The molecule has 0 aromatic carbocycles. The number of likely N-dealkylation sites (tertiary alicyclic amines) is 1. The number of piperidine rings is 1. The van der Waals surface area contributed by atoms with Crippen LogP contribution in [0.2, 0.25) is 5.15 Å². The quantitative estimate of drug-likeness (QED) is 0.794. The number of nitrogens with zero attached hydrogens (tertiary/aromatic N) is 3. The maximum atomic E-state index is 14.8. The first-order valence-electron chi connectivity index (χ1n) is 6.71. The zero-order valence-corrected chi connectivity index (χ0v) is 12.3. The fourth-order valence-corrected chi connectivity index (χ4v) is 2.48. The minimum atomic E-state index is -4.37. The summed E-state index contributed by atoms with van der Waals surface area (Å²) >= 11 is 5.68. The van der Waals surface area contributed by atoms with Crippen molar-refractivity contribution >= 4 is 17.5 Å². The summed E-state index contributed by atoms with van der Waals surface area (Å²) in [5.41, 5.74) is -1.68. The van der Waals surface area contributed by atoms with E-state index in [0.29, 0.717) is 0 Å². The Bertz CT molecular complexity index is 544. The fraction of sp³-hybridized carbons (Fsp3) is 0.615. The Balaban J connectivity index is 1.93. The van der Waals surface area contributed by atoms with Gasteiger partial charge in [0.25, 0.3) is 0 Å². The Morgan fingerprint density at radius 1 is 1.32 bits per heavy atom. The molecule has 0 spiro atoms. The van der Waals surface area contributed by atoms with Gasteiger partial charge in [0.2, 0.25) is 5.91 Å². The second-order valence-electron chi connectivity index (χ2n) is 5.19. The van der Waals surface area contributed by atoms with Crippen molar-refractivity contribution in [2.45, 2.75) is 37.5 Å². The van der Waals surface area contributed by atoms with Gasteiger partial charge in [0.15, 0.2) is 5.67 Å². The molecule has 122 valence electrons. The minimum Gasteiger partial charge on any atom is -0.342 e. The van der Waals surface area contributed by atoms with Crippen LogP contribution in [0.4, 0.5) is 17.6 Å². The molecule has 0 N–H and O–H groups in total. The summed E-state index contributed by atoms with van der Waals surface area (Å²) in [5.74, 6) is -0.614. The summed E-state index contributed by atoms with van der Waals surface area (Å²) in [6.07, 6.45) is -3.68. The zero-order chi connectivity index (χ0) is 16.4. The Kier molecular flexibility index (Phi) is 4.89. The molecule has 2 heterocycles. The molecule has 1 aliphatic rings. The molecular weight excluding hydrogens is 326 g/mol. The van der Waals surface area contributed by atoms with Crippen molar-refractivity contribution in [3.63, 3.8) is 0 Å². The Morgan fingerprint density at radius 3 is 2.50 bits per heavy atom. The van der Waals surface area contributed by atoms with E-state index in [1.807, 2.05) is 0 Å². The molecule has 4 nitrogen and oxygen atoms in total. The molecule has 0 atom stereocenters. The SMILES string of the molecule is O=C(CCC(F)(F)F)N1CCC(F)(c2cncc(Cl)n2)CC1. The number of hydrogen-bond donors (Lipinski definition) is 0. The lowest BCUT2D eigenvalue weighted by atomic mass is 9.90. The lowest BCUT2D eigenvalue weighted by Crippen LogP contribution is -2.43. The summed E-state index contributed by atoms with van der Waals surface area (Å²) in [7, 11) is 0. The molecule has 1 saturated heterocycles. The summed E-state index contributed by atoms with van der Waals surface area (Å²) < 4.78 is 51.1. The van der Waals surface area contributed by atoms with Crippen molar-refractivity contribution in [1.29, 1.82) is 0 Å². The zero-order valence-electron chi connectivity index (χ0n) is 11.5. The smallest absolute Gasteiger partial charge is 0.342 e. The van der Waals surface area contributed by atoms with Gasteiger partial charge in [0.05, 0.1) is 24.5 Å². The molecule has 1 aromatic heterocycles. The predicted octanol–water partition coefficient (Wildman–Crippen LogP) is 3.26. The highest BCUT2D eigenvalue weighted by Gasteiger charge is 2.39. The van der Waals surface area contributed by atoms with Gasteiger partial charge in [-0.05, 0) is 0 Å². The molecule has 22 heavy (non-hydrogen) atoms.